The molecule has 0 amide bonds. The molecule has 216 valence electrons. The van der Waals surface area contributed by atoms with Crippen molar-refractivity contribution < 1.29 is 22.7 Å². The molecule has 5 aromatic rings. The second-order valence-corrected chi connectivity index (χ2v) is 10.9. The lowest BCUT2D eigenvalue weighted by molar-refractivity contribution is 0.103. The van der Waals surface area contributed by atoms with Gasteiger partial charge in [0.1, 0.15) is 34.6 Å². The summed E-state index contributed by atoms with van der Waals surface area (Å²) in [5.74, 6) is -1.49. The molecule has 0 spiro atoms. The molecule has 3 aromatic carbocycles. The minimum atomic E-state index is -0.703. The summed E-state index contributed by atoms with van der Waals surface area (Å²) in [5, 5.41) is 4.72. The van der Waals surface area contributed by atoms with E-state index in [0.29, 0.717) is 22.5 Å². The Bertz CT molecular complexity index is 1790. The monoisotopic (exact) mass is 573 g/mol. The zero-order valence-corrected chi connectivity index (χ0v) is 23.2. The fourth-order valence-corrected chi connectivity index (χ4v) is 5.59. The van der Waals surface area contributed by atoms with Gasteiger partial charge in [-0.05, 0) is 93.7 Å². The molecule has 6 rings (SSSR count). The van der Waals surface area contributed by atoms with Gasteiger partial charge >= 0.3 is 0 Å². The minimum Gasteiger partial charge on any atom is -0.457 e. The number of nitrogen functional groups attached to an aromatic ring is 1. The van der Waals surface area contributed by atoms with Crippen LogP contribution in [-0.2, 0) is 0 Å². The lowest BCUT2D eigenvalue weighted by Gasteiger charge is -2.34. The maximum atomic E-state index is 15.1. The number of hydrogen-bond donors (Lipinski definition) is 2. The number of benzene rings is 3. The highest BCUT2D eigenvalue weighted by molar-refractivity contribution is 6.12. The predicted octanol–water partition coefficient (Wildman–Crippen LogP) is 6.96. The summed E-state index contributed by atoms with van der Waals surface area (Å²) >= 11 is 0. The van der Waals surface area contributed by atoms with E-state index in [-0.39, 0.29) is 46.0 Å². The first-order valence-electron chi connectivity index (χ1n) is 13.9. The first kappa shape index (κ1) is 27.6. The summed E-state index contributed by atoms with van der Waals surface area (Å²) in [5.41, 5.74) is 7.87. The molecule has 2 aromatic heterocycles. The van der Waals surface area contributed by atoms with Crippen molar-refractivity contribution in [3.05, 3.63) is 101 Å². The van der Waals surface area contributed by atoms with Gasteiger partial charge in [0.15, 0.2) is 5.82 Å². The normalized spacial score (nSPS) is 14.6. The molecular formula is C32H30F3N5O2. The average Bonchev–Trinajstić information content (AvgIpc) is 3.55. The second-order valence-electron chi connectivity index (χ2n) is 10.9. The van der Waals surface area contributed by atoms with Gasteiger partial charge in [-0.1, -0.05) is 6.07 Å². The van der Waals surface area contributed by atoms with Crippen LogP contribution in [-0.4, -0.2) is 44.6 Å². The SMILES string of the molecule is CC(C)N1CCC(c2cc3[nH]c(C(=O)c4cnn(-c5ccc(Oc6cccc(F)c6)cc5F)c4N)cc3cc2F)CC1. The molecule has 0 bridgehead atoms. The molecule has 3 heterocycles. The van der Waals surface area contributed by atoms with Crippen molar-refractivity contribution in [2.45, 2.75) is 38.6 Å². The van der Waals surface area contributed by atoms with Gasteiger partial charge in [0.2, 0.25) is 5.78 Å². The van der Waals surface area contributed by atoms with Gasteiger partial charge in [-0.2, -0.15) is 5.10 Å². The maximum absolute atomic E-state index is 15.1. The summed E-state index contributed by atoms with van der Waals surface area (Å²) in [6.45, 7) is 6.17. The van der Waals surface area contributed by atoms with E-state index in [9.17, 15) is 9.18 Å². The zero-order valence-electron chi connectivity index (χ0n) is 23.2. The fourth-order valence-electron chi connectivity index (χ4n) is 5.59. The molecule has 0 aliphatic carbocycles. The molecule has 42 heavy (non-hydrogen) atoms. The van der Waals surface area contributed by atoms with Crippen LogP contribution in [0.4, 0.5) is 19.0 Å². The summed E-state index contributed by atoms with van der Waals surface area (Å²) in [4.78, 5) is 18.9. The highest BCUT2D eigenvalue weighted by atomic mass is 19.1. The predicted molar refractivity (Wildman–Crippen MR) is 155 cm³/mol. The Morgan fingerprint density at radius 3 is 2.48 bits per heavy atom. The number of anilines is 1. The number of piperidine rings is 1. The standard InChI is InChI=1S/C32H30F3N5O2/c1-18(2)39-10-8-19(9-11-39)24-16-28-20(12-26(24)34)13-29(38-28)31(41)25-17-37-40(32(25)36)30-7-6-23(15-27(30)35)42-22-5-3-4-21(33)14-22/h3-7,12-19,38H,8-11,36H2,1-2H3. The summed E-state index contributed by atoms with van der Waals surface area (Å²) in [7, 11) is 0. The Morgan fingerprint density at radius 1 is 1.00 bits per heavy atom. The molecule has 1 saturated heterocycles. The van der Waals surface area contributed by atoms with E-state index in [2.05, 4.69) is 28.8 Å². The summed E-state index contributed by atoms with van der Waals surface area (Å²) in [6.07, 6.45) is 3.02. The third kappa shape index (κ3) is 5.25. The summed E-state index contributed by atoms with van der Waals surface area (Å²) < 4.78 is 50.3. The van der Waals surface area contributed by atoms with Crippen LogP contribution < -0.4 is 10.5 Å². The van der Waals surface area contributed by atoms with E-state index in [0.717, 1.165) is 36.7 Å². The number of aromatic nitrogens is 3. The molecule has 10 heteroatoms. The van der Waals surface area contributed by atoms with Crippen LogP contribution in [0.2, 0.25) is 0 Å². The fraction of sp³-hybridized carbons (Fsp3) is 0.250. The number of fused-ring (bicyclic) bond motifs is 1. The Balaban J connectivity index is 1.23. The number of nitrogens with zero attached hydrogens (tertiary/aromatic N) is 3. The number of carbonyl (C=O) groups excluding carboxylic acids is 1. The van der Waals surface area contributed by atoms with Gasteiger partial charge in [-0.25, -0.2) is 17.9 Å². The van der Waals surface area contributed by atoms with Crippen molar-refractivity contribution in [3.63, 3.8) is 0 Å². The average molecular weight is 574 g/mol. The lowest BCUT2D eigenvalue weighted by atomic mass is 9.88. The van der Waals surface area contributed by atoms with Crippen LogP contribution in [0.25, 0.3) is 16.6 Å². The van der Waals surface area contributed by atoms with Gasteiger partial charge in [0.25, 0.3) is 0 Å². The molecule has 0 atom stereocenters. The van der Waals surface area contributed by atoms with E-state index in [1.807, 2.05) is 0 Å². The van der Waals surface area contributed by atoms with Crippen molar-refractivity contribution in [3.8, 4) is 17.2 Å². The number of ether oxygens (including phenoxy) is 1. The van der Waals surface area contributed by atoms with Gasteiger partial charge in [0.05, 0.1) is 17.5 Å². The number of halogens is 3. The maximum Gasteiger partial charge on any atom is 0.214 e. The molecule has 3 N–H and O–H groups in total. The molecule has 1 aliphatic rings. The molecule has 0 radical (unpaired) electrons. The minimum absolute atomic E-state index is 0.00464. The number of ketones is 1. The molecule has 1 fully saturated rings. The van der Waals surface area contributed by atoms with E-state index >= 15 is 8.78 Å². The van der Waals surface area contributed by atoms with Crippen LogP contribution >= 0.6 is 0 Å². The highest BCUT2D eigenvalue weighted by Crippen LogP contribution is 2.34. The first-order chi connectivity index (χ1) is 20.2. The number of carbonyl (C=O) groups is 1. The van der Waals surface area contributed by atoms with Crippen LogP contribution in [0.3, 0.4) is 0 Å². The topological polar surface area (TPSA) is 89.2 Å². The number of nitrogens with one attached hydrogen (secondary N) is 1. The summed E-state index contributed by atoms with van der Waals surface area (Å²) in [6, 6.07) is 14.8. The van der Waals surface area contributed by atoms with Crippen LogP contribution in [0.15, 0.2) is 66.9 Å². The Labute approximate surface area is 240 Å². The number of likely N-dealkylation sites (tertiary alicyclic amines) is 1. The van der Waals surface area contributed by atoms with Crippen molar-refractivity contribution in [1.82, 2.24) is 19.7 Å². The van der Waals surface area contributed by atoms with Gasteiger partial charge in [-0.15, -0.1) is 0 Å². The number of nitrogens with two attached hydrogens (primary N) is 1. The molecular weight excluding hydrogens is 543 g/mol. The Kier molecular flexibility index (Phi) is 7.24. The quantitative estimate of drug-likeness (QED) is 0.206. The number of hydrogen-bond acceptors (Lipinski definition) is 5. The highest BCUT2D eigenvalue weighted by Gasteiger charge is 2.26. The Hall–Kier alpha value is -4.57. The molecule has 7 nitrogen and oxygen atoms in total. The lowest BCUT2D eigenvalue weighted by Crippen LogP contribution is -2.38. The van der Waals surface area contributed by atoms with Crippen molar-refractivity contribution in [1.29, 1.82) is 0 Å². The third-order valence-corrected chi connectivity index (χ3v) is 7.91. The van der Waals surface area contributed by atoms with Crippen LogP contribution in [0.1, 0.15) is 54.2 Å². The second kappa shape index (κ2) is 11.0. The number of aromatic amines is 1. The largest absolute Gasteiger partial charge is 0.457 e. The van der Waals surface area contributed by atoms with E-state index in [4.69, 9.17) is 10.5 Å². The van der Waals surface area contributed by atoms with Crippen LogP contribution in [0.5, 0.6) is 11.5 Å². The number of H-pyrrole nitrogens is 1. The van der Waals surface area contributed by atoms with Crippen molar-refractivity contribution in [2.75, 3.05) is 18.8 Å². The van der Waals surface area contributed by atoms with Gasteiger partial charge in [0, 0.05) is 29.1 Å². The van der Waals surface area contributed by atoms with Gasteiger partial charge in [-0.3, -0.25) is 4.79 Å². The zero-order chi connectivity index (χ0) is 29.5. The Morgan fingerprint density at radius 2 is 1.76 bits per heavy atom. The van der Waals surface area contributed by atoms with Crippen molar-refractivity contribution in [2.24, 2.45) is 0 Å². The van der Waals surface area contributed by atoms with Gasteiger partial charge < -0.3 is 20.4 Å². The third-order valence-electron chi connectivity index (χ3n) is 7.91. The molecule has 1 aliphatic heterocycles. The van der Waals surface area contributed by atoms with Crippen LogP contribution in [0, 0.1) is 17.5 Å². The van der Waals surface area contributed by atoms with E-state index in [1.54, 1.807) is 18.2 Å². The van der Waals surface area contributed by atoms with E-state index < -0.39 is 17.4 Å². The van der Waals surface area contributed by atoms with E-state index in [1.165, 1.54) is 42.6 Å². The first-order valence-corrected chi connectivity index (χ1v) is 13.9. The smallest absolute Gasteiger partial charge is 0.214 e. The van der Waals surface area contributed by atoms with Crippen molar-refractivity contribution >= 4 is 22.5 Å². The molecule has 0 unspecified atom stereocenters. The molecule has 0 saturated carbocycles. The number of rotatable bonds is 7.